The maximum absolute atomic E-state index is 12.3. The second-order valence-electron chi connectivity index (χ2n) is 5.39. The molecule has 0 unspecified atom stereocenters. The number of carbonyl (C=O) groups excluding carboxylic acids is 1. The third-order valence-corrected chi connectivity index (χ3v) is 4.46. The number of aliphatic carboxylic acids is 1. The van der Waals surface area contributed by atoms with E-state index in [1.807, 2.05) is 0 Å². The van der Waals surface area contributed by atoms with Crippen molar-refractivity contribution in [1.29, 1.82) is 0 Å². The fourth-order valence-electron chi connectivity index (χ4n) is 2.68. The molecule has 2 amide bonds. The first kappa shape index (κ1) is 15.8. The number of nitrogens with zero attached hydrogens (tertiary/aromatic N) is 1. The quantitative estimate of drug-likeness (QED) is 0.806. The van der Waals surface area contributed by atoms with E-state index in [-0.39, 0.29) is 11.6 Å². The molecule has 0 saturated carbocycles. The number of carboxylic acids is 1. The van der Waals surface area contributed by atoms with Gasteiger partial charge in [-0.15, -0.1) is 0 Å². The van der Waals surface area contributed by atoms with Crippen molar-refractivity contribution < 1.29 is 14.7 Å². The van der Waals surface area contributed by atoms with Crippen molar-refractivity contribution in [3.05, 3.63) is 0 Å². The van der Waals surface area contributed by atoms with E-state index in [9.17, 15) is 9.59 Å². The molecule has 0 aliphatic carbocycles. The minimum absolute atomic E-state index is 0.114. The normalized spacial score (nSPS) is 20.2. The molecule has 1 heterocycles. The average molecular weight is 270 g/mol. The number of urea groups is 1. The highest BCUT2D eigenvalue weighted by molar-refractivity contribution is 5.77. The maximum atomic E-state index is 12.3. The Kier molecular flexibility index (Phi) is 5.63. The predicted molar refractivity (Wildman–Crippen MR) is 74.1 cm³/mol. The molecule has 1 aliphatic rings. The van der Waals surface area contributed by atoms with Crippen LogP contribution in [0.25, 0.3) is 0 Å². The number of likely N-dealkylation sites (tertiary alicyclic amines) is 1. The zero-order chi connectivity index (χ0) is 14.5. The van der Waals surface area contributed by atoms with E-state index in [1.165, 1.54) is 0 Å². The van der Waals surface area contributed by atoms with Gasteiger partial charge in [0.2, 0.25) is 0 Å². The Bertz CT molecular complexity index is 318. The summed E-state index contributed by atoms with van der Waals surface area (Å²) in [5, 5.41) is 12.2. The van der Waals surface area contributed by atoms with Gasteiger partial charge in [0.05, 0.1) is 5.92 Å². The van der Waals surface area contributed by atoms with E-state index in [0.717, 1.165) is 25.7 Å². The van der Waals surface area contributed by atoms with Crippen LogP contribution in [0, 0.1) is 5.92 Å². The summed E-state index contributed by atoms with van der Waals surface area (Å²) in [6.07, 6.45) is 4.10. The van der Waals surface area contributed by atoms with Gasteiger partial charge in [-0.1, -0.05) is 20.8 Å². The molecule has 1 aliphatic heterocycles. The van der Waals surface area contributed by atoms with Gasteiger partial charge in [0.25, 0.3) is 0 Å². The van der Waals surface area contributed by atoms with Crippen molar-refractivity contribution in [2.75, 3.05) is 13.1 Å². The molecule has 1 saturated heterocycles. The summed E-state index contributed by atoms with van der Waals surface area (Å²) in [4.78, 5) is 24.9. The lowest BCUT2D eigenvalue weighted by Crippen LogP contribution is -2.55. The summed E-state index contributed by atoms with van der Waals surface area (Å²) < 4.78 is 0. The van der Waals surface area contributed by atoms with Crippen LogP contribution in [0.4, 0.5) is 4.79 Å². The first-order chi connectivity index (χ1) is 8.98. The summed E-state index contributed by atoms with van der Waals surface area (Å²) in [5.41, 5.74) is -0.159. The second kappa shape index (κ2) is 6.78. The second-order valence-corrected chi connectivity index (χ2v) is 5.39. The molecular weight excluding hydrogens is 244 g/mol. The number of hydrogen-bond acceptors (Lipinski definition) is 2. The molecule has 0 radical (unpaired) electrons. The number of carboxylic acid groups (broad SMARTS) is 1. The molecule has 0 spiro atoms. The van der Waals surface area contributed by atoms with Gasteiger partial charge in [-0.05, 0) is 32.1 Å². The van der Waals surface area contributed by atoms with Crippen molar-refractivity contribution in [3.8, 4) is 0 Å². The van der Waals surface area contributed by atoms with Crippen LogP contribution >= 0.6 is 0 Å². The van der Waals surface area contributed by atoms with Crippen LogP contribution in [0.1, 0.15) is 52.9 Å². The van der Waals surface area contributed by atoms with Gasteiger partial charge in [0.15, 0.2) is 0 Å². The van der Waals surface area contributed by atoms with Crippen LogP contribution in [0.15, 0.2) is 0 Å². The third-order valence-electron chi connectivity index (χ3n) is 4.46. The fourth-order valence-corrected chi connectivity index (χ4v) is 2.68. The van der Waals surface area contributed by atoms with Gasteiger partial charge in [0.1, 0.15) is 0 Å². The number of piperidine rings is 1. The average Bonchev–Trinajstić information content (AvgIpc) is 2.45. The van der Waals surface area contributed by atoms with Gasteiger partial charge < -0.3 is 15.3 Å². The van der Waals surface area contributed by atoms with E-state index < -0.39 is 11.9 Å². The molecule has 0 aromatic rings. The predicted octanol–water partition coefficient (Wildman–Crippen LogP) is 2.46. The zero-order valence-corrected chi connectivity index (χ0v) is 12.2. The lowest BCUT2D eigenvalue weighted by atomic mass is 9.90. The van der Waals surface area contributed by atoms with Gasteiger partial charge in [0, 0.05) is 18.6 Å². The Morgan fingerprint density at radius 3 is 2.32 bits per heavy atom. The van der Waals surface area contributed by atoms with Crippen molar-refractivity contribution >= 4 is 12.0 Å². The molecule has 2 N–H and O–H groups in total. The minimum atomic E-state index is -0.801. The molecule has 1 atom stereocenters. The Labute approximate surface area is 115 Å². The number of carbonyl (C=O) groups is 2. The molecule has 5 heteroatoms. The van der Waals surface area contributed by atoms with Crippen LogP contribution < -0.4 is 5.32 Å². The Morgan fingerprint density at radius 2 is 1.84 bits per heavy atom. The van der Waals surface area contributed by atoms with Crippen molar-refractivity contribution in [2.24, 2.45) is 5.92 Å². The highest BCUT2D eigenvalue weighted by Crippen LogP contribution is 2.21. The van der Waals surface area contributed by atoms with Gasteiger partial charge in [-0.25, -0.2) is 4.79 Å². The molecule has 0 aromatic carbocycles. The van der Waals surface area contributed by atoms with Crippen molar-refractivity contribution in [1.82, 2.24) is 10.2 Å². The third kappa shape index (κ3) is 3.85. The van der Waals surface area contributed by atoms with Crippen LogP contribution in [0.3, 0.4) is 0 Å². The molecule has 1 rings (SSSR count). The summed E-state index contributed by atoms with van der Waals surface area (Å²) in [6, 6.07) is -0.114. The highest BCUT2D eigenvalue weighted by Gasteiger charge is 2.32. The van der Waals surface area contributed by atoms with E-state index in [4.69, 9.17) is 5.11 Å². The van der Waals surface area contributed by atoms with E-state index >= 15 is 0 Å². The zero-order valence-electron chi connectivity index (χ0n) is 12.2. The number of rotatable bonds is 5. The summed E-state index contributed by atoms with van der Waals surface area (Å²) in [5.74, 6) is -1.22. The SMILES string of the molecule is CCC(CC)(CC)NC(=O)N1CCC[C@H](C(=O)O)C1. The lowest BCUT2D eigenvalue weighted by Gasteiger charge is -2.37. The van der Waals surface area contributed by atoms with Crippen LogP contribution in [-0.4, -0.2) is 40.6 Å². The number of amides is 2. The largest absolute Gasteiger partial charge is 0.481 e. The Hall–Kier alpha value is -1.26. The highest BCUT2D eigenvalue weighted by atomic mass is 16.4. The number of hydrogen-bond donors (Lipinski definition) is 2. The van der Waals surface area contributed by atoms with Crippen LogP contribution in [0.5, 0.6) is 0 Å². The number of nitrogens with one attached hydrogen (secondary N) is 1. The fraction of sp³-hybridized carbons (Fsp3) is 0.857. The van der Waals surface area contributed by atoms with E-state index in [2.05, 4.69) is 26.1 Å². The van der Waals surface area contributed by atoms with Crippen molar-refractivity contribution in [2.45, 2.75) is 58.4 Å². The Balaban J connectivity index is 2.64. The van der Waals surface area contributed by atoms with E-state index in [0.29, 0.717) is 19.5 Å². The van der Waals surface area contributed by atoms with Gasteiger partial charge in [-0.2, -0.15) is 0 Å². The lowest BCUT2D eigenvalue weighted by molar-refractivity contribution is -0.143. The Morgan fingerprint density at radius 1 is 1.26 bits per heavy atom. The standard InChI is InChI=1S/C14H26N2O3/c1-4-14(5-2,6-3)15-13(19)16-9-7-8-11(10-16)12(17)18/h11H,4-10H2,1-3H3,(H,15,19)(H,17,18)/t11-/m0/s1. The van der Waals surface area contributed by atoms with Gasteiger partial charge in [-0.3, -0.25) is 4.79 Å². The summed E-state index contributed by atoms with van der Waals surface area (Å²) in [7, 11) is 0. The topological polar surface area (TPSA) is 69.6 Å². The summed E-state index contributed by atoms with van der Waals surface area (Å²) in [6.45, 7) is 7.20. The maximum Gasteiger partial charge on any atom is 0.317 e. The molecule has 110 valence electrons. The van der Waals surface area contributed by atoms with Gasteiger partial charge >= 0.3 is 12.0 Å². The van der Waals surface area contributed by atoms with E-state index in [1.54, 1.807) is 4.90 Å². The molecule has 1 fully saturated rings. The molecule has 0 aromatic heterocycles. The first-order valence-corrected chi connectivity index (χ1v) is 7.28. The molecule has 5 nitrogen and oxygen atoms in total. The summed E-state index contributed by atoms with van der Waals surface area (Å²) >= 11 is 0. The monoisotopic (exact) mass is 270 g/mol. The van der Waals surface area contributed by atoms with Crippen LogP contribution in [0.2, 0.25) is 0 Å². The molecule has 0 bridgehead atoms. The van der Waals surface area contributed by atoms with Crippen LogP contribution in [-0.2, 0) is 4.79 Å². The smallest absolute Gasteiger partial charge is 0.317 e. The molecular formula is C14H26N2O3. The first-order valence-electron chi connectivity index (χ1n) is 7.28. The molecule has 19 heavy (non-hydrogen) atoms. The minimum Gasteiger partial charge on any atom is -0.481 e. The van der Waals surface area contributed by atoms with Crippen molar-refractivity contribution in [3.63, 3.8) is 0 Å².